The molecule has 1 heterocycles. The molecule has 3 unspecified atom stereocenters. The van der Waals surface area contributed by atoms with Crippen LogP contribution < -0.4 is 10.2 Å². The minimum atomic E-state index is -0.436. The second-order valence-electron chi connectivity index (χ2n) is 6.70. The quantitative estimate of drug-likeness (QED) is 0.806. The predicted molar refractivity (Wildman–Crippen MR) is 94.9 cm³/mol. The molecule has 1 saturated heterocycles. The van der Waals surface area contributed by atoms with E-state index in [1.165, 1.54) is 0 Å². The second kappa shape index (κ2) is 8.29. The van der Waals surface area contributed by atoms with Gasteiger partial charge in [-0.3, -0.25) is 9.59 Å². The van der Waals surface area contributed by atoms with Crippen molar-refractivity contribution in [1.29, 1.82) is 0 Å². The Balaban J connectivity index is 2.06. The van der Waals surface area contributed by atoms with Crippen molar-refractivity contribution in [1.82, 2.24) is 5.32 Å². The molecular formula is C19H28N2O3. The molecule has 2 amide bonds. The molecule has 132 valence electrons. The van der Waals surface area contributed by atoms with Gasteiger partial charge in [-0.1, -0.05) is 32.0 Å². The highest BCUT2D eigenvalue weighted by molar-refractivity contribution is 6.00. The zero-order valence-electron chi connectivity index (χ0n) is 14.8. The predicted octanol–water partition coefficient (Wildman–Crippen LogP) is 2.44. The van der Waals surface area contributed by atoms with Gasteiger partial charge in [0.2, 0.25) is 11.8 Å². The average molecular weight is 332 g/mol. The van der Waals surface area contributed by atoms with Crippen molar-refractivity contribution in [3.05, 3.63) is 29.8 Å². The fraction of sp³-hybridized carbons (Fsp3) is 0.579. The molecule has 1 aliphatic rings. The highest BCUT2D eigenvalue weighted by atomic mass is 16.3. The van der Waals surface area contributed by atoms with Crippen molar-refractivity contribution in [2.24, 2.45) is 5.92 Å². The summed E-state index contributed by atoms with van der Waals surface area (Å²) in [5, 5.41) is 12.1. The highest BCUT2D eigenvalue weighted by Gasteiger charge is 2.36. The molecule has 24 heavy (non-hydrogen) atoms. The molecule has 1 aliphatic heterocycles. The van der Waals surface area contributed by atoms with E-state index in [-0.39, 0.29) is 24.2 Å². The van der Waals surface area contributed by atoms with E-state index >= 15 is 0 Å². The third kappa shape index (κ3) is 4.35. The van der Waals surface area contributed by atoms with E-state index in [1.54, 1.807) is 11.8 Å². The number of carbonyl (C=O) groups excluding carboxylic acids is 2. The Labute approximate surface area is 144 Å². The summed E-state index contributed by atoms with van der Waals surface area (Å²) in [7, 11) is 0. The number of amides is 2. The van der Waals surface area contributed by atoms with Crippen LogP contribution in [-0.2, 0) is 9.59 Å². The molecule has 3 atom stereocenters. The van der Waals surface area contributed by atoms with Crippen molar-refractivity contribution < 1.29 is 14.7 Å². The van der Waals surface area contributed by atoms with E-state index in [4.69, 9.17) is 0 Å². The number of para-hydroxylation sites is 1. The molecule has 5 nitrogen and oxygen atoms in total. The normalized spacial score (nSPS) is 20.1. The number of aliphatic hydroxyl groups is 1. The fourth-order valence-electron chi connectivity index (χ4n) is 3.03. The molecule has 0 radical (unpaired) electrons. The van der Waals surface area contributed by atoms with Crippen LogP contribution in [0.1, 0.15) is 51.5 Å². The minimum Gasteiger partial charge on any atom is -0.393 e. The van der Waals surface area contributed by atoms with Gasteiger partial charge in [0.1, 0.15) is 0 Å². The number of carbonyl (C=O) groups is 2. The van der Waals surface area contributed by atoms with E-state index in [2.05, 4.69) is 25.2 Å². The van der Waals surface area contributed by atoms with Crippen LogP contribution in [0.3, 0.4) is 0 Å². The van der Waals surface area contributed by atoms with Crippen LogP contribution in [0.2, 0.25) is 0 Å². The van der Waals surface area contributed by atoms with E-state index in [0.29, 0.717) is 25.4 Å². The first-order valence-electron chi connectivity index (χ1n) is 8.79. The molecule has 2 rings (SSSR count). The van der Waals surface area contributed by atoms with Gasteiger partial charge in [0.15, 0.2) is 0 Å². The summed E-state index contributed by atoms with van der Waals surface area (Å²) < 4.78 is 0. The van der Waals surface area contributed by atoms with Crippen LogP contribution in [0.4, 0.5) is 5.69 Å². The van der Waals surface area contributed by atoms with Gasteiger partial charge in [-0.15, -0.1) is 0 Å². The molecule has 1 aromatic rings. The van der Waals surface area contributed by atoms with E-state index in [1.807, 2.05) is 18.2 Å². The largest absolute Gasteiger partial charge is 0.393 e. The van der Waals surface area contributed by atoms with Gasteiger partial charge in [-0.2, -0.15) is 0 Å². The smallest absolute Gasteiger partial charge is 0.227 e. The topological polar surface area (TPSA) is 69.6 Å². The molecule has 0 saturated carbocycles. The third-order valence-electron chi connectivity index (χ3n) is 4.73. The molecule has 0 spiro atoms. The maximum absolute atomic E-state index is 12.4. The van der Waals surface area contributed by atoms with Gasteiger partial charge in [0.25, 0.3) is 0 Å². The first-order valence-corrected chi connectivity index (χ1v) is 8.79. The number of anilines is 1. The van der Waals surface area contributed by atoms with Crippen LogP contribution >= 0.6 is 0 Å². The van der Waals surface area contributed by atoms with Gasteiger partial charge < -0.3 is 15.3 Å². The van der Waals surface area contributed by atoms with Crippen molar-refractivity contribution in [3.8, 4) is 0 Å². The van der Waals surface area contributed by atoms with Gasteiger partial charge >= 0.3 is 0 Å². The van der Waals surface area contributed by atoms with Crippen LogP contribution in [0.25, 0.3) is 0 Å². The highest BCUT2D eigenvalue weighted by Crippen LogP contribution is 2.33. The zero-order valence-corrected chi connectivity index (χ0v) is 14.8. The number of benzene rings is 1. The van der Waals surface area contributed by atoms with E-state index in [0.717, 1.165) is 17.7 Å². The Hall–Kier alpha value is -1.88. The lowest BCUT2D eigenvalue weighted by atomic mass is 9.96. The molecule has 0 bridgehead atoms. The van der Waals surface area contributed by atoms with Gasteiger partial charge in [0.05, 0.1) is 12.0 Å². The Bertz CT molecular complexity index is 586. The maximum atomic E-state index is 12.4. The van der Waals surface area contributed by atoms with Crippen molar-refractivity contribution in [3.63, 3.8) is 0 Å². The van der Waals surface area contributed by atoms with Crippen LogP contribution in [0.15, 0.2) is 24.3 Å². The lowest BCUT2D eigenvalue weighted by Gasteiger charge is -2.23. The molecule has 5 heteroatoms. The van der Waals surface area contributed by atoms with Crippen LogP contribution in [-0.4, -0.2) is 36.1 Å². The van der Waals surface area contributed by atoms with Gasteiger partial charge in [0, 0.05) is 25.2 Å². The summed E-state index contributed by atoms with van der Waals surface area (Å²) in [6.07, 6.45) is 1.33. The first-order chi connectivity index (χ1) is 11.4. The van der Waals surface area contributed by atoms with Crippen LogP contribution in [0.5, 0.6) is 0 Å². The third-order valence-corrected chi connectivity index (χ3v) is 4.73. The molecule has 2 N–H and O–H groups in total. The van der Waals surface area contributed by atoms with Crippen molar-refractivity contribution in [2.75, 3.05) is 18.0 Å². The van der Waals surface area contributed by atoms with Crippen LogP contribution in [0, 0.1) is 5.92 Å². The van der Waals surface area contributed by atoms with Crippen molar-refractivity contribution in [2.45, 2.75) is 52.1 Å². The molecule has 1 fully saturated rings. The molecular weight excluding hydrogens is 304 g/mol. The number of nitrogens with one attached hydrogen (secondary N) is 1. The molecule has 1 aromatic carbocycles. The Morgan fingerprint density at radius 1 is 1.38 bits per heavy atom. The fourth-order valence-corrected chi connectivity index (χ4v) is 3.03. The Kier molecular flexibility index (Phi) is 6.37. The monoisotopic (exact) mass is 332 g/mol. The Morgan fingerprint density at radius 3 is 2.75 bits per heavy atom. The number of rotatable bonds is 7. The van der Waals surface area contributed by atoms with Gasteiger partial charge in [-0.25, -0.2) is 0 Å². The summed E-state index contributed by atoms with van der Waals surface area (Å²) in [4.78, 5) is 26.4. The lowest BCUT2D eigenvalue weighted by molar-refractivity contribution is -0.126. The average Bonchev–Trinajstić information content (AvgIpc) is 2.95. The number of hydrogen-bond acceptors (Lipinski definition) is 3. The summed E-state index contributed by atoms with van der Waals surface area (Å²) >= 11 is 0. The van der Waals surface area contributed by atoms with Gasteiger partial charge in [-0.05, 0) is 37.3 Å². The summed E-state index contributed by atoms with van der Waals surface area (Å²) in [6.45, 7) is 6.83. The van der Waals surface area contributed by atoms with E-state index in [9.17, 15) is 14.7 Å². The molecule has 0 aliphatic carbocycles. The number of nitrogens with zero attached hydrogens (tertiary/aromatic N) is 1. The summed E-state index contributed by atoms with van der Waals surface area (Å²) in [5.74, 6) is -0.0571. The zero-order chi connectivity index (χ0) is 17.7. The maximum Gasteiger partial charge on any atom is 0.227 e. The minimum absolute atomic E-state index is 0.00132. The Morgan fingerprint density at radius 2 is 2.08 bits per heavy atom. The number of aliphatic hydroxyl groups excluding tert-OH is 1. The van der Waals surface area contributed by atoms with E-state index < -0.39 is 6.10 Å². The standard InChI is InChI=1S/C19H28N2O3/c1-4-13(2)16-7-5-6-8-17(16)21-12-15(11-18(21)23)19(24)20-10-9-14(3)22/h5-8,13-15,22H,4,9-12H2,1-3H3,(H,20,24). The summed E-state index contributed by atoms with van der Waals surface area (Å²) in [6, 6.07) is 7.95. The number of hydrogen-bond donors (Lipinski definition) is 2. The second-order valence-corrected chi connectivity index (χ2v) is 6.70. The first kappa shape index (κ1) is 18.5. The SMILES string of the molecule is CCC(C)c1ccccc1N1CC(C(=O)NCCC(C)O)CC1=O. The summed E-state index contributed by atoms with van der Waals surface area (Å²) in [5.41, 5.74) is 2.08. The molecule has 0 aromatic heterocycles. The lowest BCUT2D eigenvalue weighted by Crippen LogP contribution is -2.34. The van der Waals surface area contributed by atoms with Crippen molar-refractivity contribution >= 4 is 17.5 Å².